The van der Waals surface area contributed by atoms with Gasteiger partial charge in [-0.15, -0.1) is 0 Å². The van der Waals surface area contributed by atoms with Crippen LogP contribution in [-0.4, -0.2) is 49.3 Å². The molecule has 0 aliphatic carbocycles. The Labute approximate surface area is 146 Å². The van der Waals surface area contributed by atoms with Gasteiger partial charge >= 0.3 is 0 Å². The first-order valence-electron chi connectivity index (χ1n) is 7.59. The van der Waals surface area contributed by atoms with E-state index >= 15 is 0 Å². The number of carbonyl (C=O) groups is 2. The number of carbonyl (C=O) groups excluding carboxylic acids is 2. The van der Waals surface area contributed by atoms with Gasteiger partial charge in [-0.1, -0.05) is 30.0 Å². The van der Waals surface area contributed by atoms with Crippen molar-refractivity contribution in [3.63, 3.8) is 0 Å². The molecule has 0 radical (unpaired) electrons. The van der Waals surface area contributed by atoms with E-state index in [2.05, 4.69) is 0 Å². The lowest BCUT2D eigenvalue weighted by atomic mass is 10.2. The van der Waals surface area contributed by atoms with Gasteiger partial charge in [-0.25, -0.2) is 0 Å². The summed E-state index contributed by atoms with van der Waals surface area (Å²) in [5.74, 6) is -0.209. The van der Waals surface area contributed by atoms with Crippen LogP contribution in [0.2, 0.25) is 0 Å². The van der Waals surface area contributed by atoms with Gasteiger partial charge < -0.3 is 14.2 Å². The number of likely N-dealkylation sites (N-methyl/N-ethyl adjacent to an activating group) is 2. The van der Waals surface area contributed by atoms with Gasteiger partial charge in [0.15, 0.2) is 10.9 Å². The molecule has 1 heterocycles. The Kier molecular flexibility index (Phi) is 5.72. The van der Waals surface area contributed by atoms with Gasteiger partial charge in [0.05, 0.1) is 6.54 Å². The average molecular weight is 346 g/mol. The van der Waals surface area contributed by atoms with E-state index in [-0.39, 0.29) is 24.1 Å². The Morgan fingerprint density at radius 3 is 2.25 bits per heavy atom. The van der Waals surface area contributed by atoms with Gasteiger partial charge in [0, 0.05) is 26.0 Å². The Balaban J connectivity index is 2.10. The smallest absolute Gasteiger partial charge is 0.289 e. The summed E-state index contributed by atoms with van der Waals surface area (Å²) < 4.78 is 5.67. The molecule has 5 nitrogen and oxygen atoms in total. The lowest BCUT2D eigenvalue weighted by molar-refractivity contribution is -0.129. The second-order valence-corrected chi connectivity index (χ2v) is 6.91. The quantitative estimate of drug-likeness (QED) is 0.834. The van der Waals surface area contributed by atoms with E-state index in [9.17, 15) is 9.59 Å². The van der Waals surface area contributed by atoms with Crippen molar-refractivity contribution < 1.29 is 14.0 Å². The van der Waals surface area contributed by atoms with Crippen LogP contribution in [0.25, 0.3) is 0 Å². The Morgan fingerprint density at radius 2 is 1.67 bits per heavy atom. The fraction of sp³-hybridized carbons (Fsp3) is 0.333. The number of aryl methyl sites for hydroxylation is 2. The highest BCUT2D eigenvalue weighted by molar-refractivity contribution is 7.99. The van der Waals surface area contributed by atoms with E-state index < -0.39 is 0 Å². The third kappa shape index (κ3) is 4.20. The van der Waals surface area contributed by atoms with Gasteiger partial charge in [0.25, 0.3) is 5.91 Å². The molecule has 24 heavy (non-hydrogen) atoms. The van der Waals surface area contributed by atoms with Crippen LogP contribution in [0.4, 0.5) is 0 Å². The molecule has 0 bridgehead atoms. The second kappa shape index (κ2) is 7.57. The molecule has 0 saturated heterocycles. The highest BCUT2D eigenvalue weighted by Gasteiger charge is 2.19. The van der Waals surface area contributed by atoms with Crippen LogP contribution < -0.4 is 0 Å². The van der Waals surface area contributed by atoms with Crippen LogP contribution in [0.5, 0.6) is 0 Å². The molecule has 6 heteroatoms. The van der Waals surface area contributed by atoms with Crippen LogP contribution in [0, 0.1) is 13.8 Å². The lowest BCUT2D eigenvalue weighted by Crippen LogP contribution is -2.37. The molecule has 0 fully saturated rings. The molecular formula is C18H22N2O3S. The Hall–Kier alpha value is -2.21. The van der Waals surface area contributed by atoms with E-state index in [1.165, 1.54) is 21.6 Å². The van der Waals surface area contributed by atoms with Crippen molar-refractivity contribution >= 4 is 23.6 Å². The summed E-state index contributed by atoms with van der Waals surface area (Å²) in [7, 11) is 4.91. The monoisotopic (exact) mass is 346 g/mol. The highest BCUT2D eigenvalue weighted by Crippen LogP contribution is 2.34. The third-order valence-corrected chi connectivity index (χ3v) is 4.89. The molecule has 1 aromatic carbocycles. The van der Waals surface area contributed by atoms with Crippen LogP contribution >= 0.6 is 11.8 Å². The van der Waals surface area contributed by atoms with E-state index in [1.54, 1.807) is 33.3 Å². The van der Waals surface area contributed by atoms with Crippen LogP contribution in [0.15, 0.2) is 44.7 Å². The molecule has 1 aromatic heterocycles. The molecule has 0 spiro atoms. The van der Waals surface area contributed by atoms with Crippen LogP contribution in [0.1, 0.15) is 21.7 Å². The number of benzene rings is 1. The SMILES string of the molecule is Cc1cccc(C)c1Sc1ccc(C(=O)N(C)CC(=O)N(C)C)o1. The summed E-state index contributed by atoms with van der Waals surface area (Å²) in [6.07, 6.45) is 0. The Bertz CT molecular complexity index is 732. The molecule has 0 atom stereocenters. The minimum absolute atomic E-state index is 0.0198. The van der Waals surface area contributed by atoms with Gasteiger partial charge in [0.1, 0.15) is 0 Å². The standard InChI is InChI=1S/C18H22N2O3S/c1-12-7-6-8-13(2)17(12)24-16-10-9-14(23-16)18(22)20(5)11-15(21)19(3)4/h6-10H,11H2,1-5H3. The minimum atomic E-state index is -0.307. The topological polar surface area (TPSA) is 53.8 Å². The zero-order valence-corrected chi connectivity index (χ0v) is 15.4. The molecule has 0 aliphatic heterocycles. The largest absolute Gasteiger partial charge is 0.444 e. The van der Waals surface area contributed by atoms with Gasteiger partial charge in [0.2, 0.25) is 5.91 Å². The summed E-state index contributed by atoms with van der Waals surface area (Å²) in [5.41, 5.74) is 2.33. The van der Waals surface area contributed by atoms with E-state index in [0.29, 0.717) is 5.09 Å². The molecule has 0 saturated carbocycles. The predicted molar refractivity (Wildman–Crippen MR) is 94.4 cm³/mol. The fourth-order valence-corrected chi connectivity index (χ4v) is 3.08. The van der Waals surface area contributed by atoms with E-state index in [1.807, 2.05) is 32.0 Å². The van der Waals surface area contributed by atoms with Gasteiger partial charge in [-0.3, -0.25) is 9.59 Å². The van der Waals surface area contributed by atoms with Gasteiger partial charge in [-0.05, 0) is 37.1 Å². The van der Waals surface area contributed by atoms with E-state index in [4.69, 9.17) is 4.42 Å². The van der Waals surface area contributed by atoms with Crippen LogP contribution in [0.3, 0.4) is 0 Å². The zero-order chi connectivity index (χ0) is 17.9. The molecule has 128 valence electrons. The van der Waals surface area contributed by atoms with Crippen molar-refractivity contribution in [3.05, 3.63) is 47.2 Å². The maximum absolute atomic E-state index is 12.4. The number of furan rings is 1. The number of nitrogens with zero attached hydrogens (tertiary/aromatic N) is 2. The van der Waals surface area contributed by atoms with Crippen molar-refractivity contribution in [1.82, 2.24) is 9.80 Å². The number of amides is 2. The number of hydrogen-bond acceptors (Lipinski definition) is 4. The summed E-state index contributed by atoms with van der Waals surface area (Å²) in [6, 6.07) is 9.54. The maximum atomic E-state index is 12.4. The van der Waals surface area contributed by atoms with Crippen molar-refractivity contribution in [3.8, 4) is 0 Å². The molecule has 2 amide bonds. The van der Waals surface area contributed by atoms with Crippen molar-refractivity contribution in [1.29, 1.82) is 0 Å². The van der Waals surface area contributed by atoms with Crippen molar-refractivity contribution in [2.24, 2.45) is 0 Å². The minimum Gasteiger partial charge on any atom is -0.444 e. The normalized spacial score (nSPS) is 10.5. The molecule has 0 unspecified atom stereocenters. The fourth-order valence-electron chi connectivity index (χ4n) is 2.15. The summed E-state index contributed by atoms with van der Waals surface area (Å²) >= 11 is 1.50. The lowest BCUT2D eigenvalue weighted by Gasteiger charge is -2.18. The first-order chi connectivity index (χ1) is 11.3. The molecular weight excluding hydrogens is 324 g/mol. The molecule has 0 aliphatic rings. The summed E-state index contributed by atoms with van der Waals surface area (Å²) in [4.78, 5) is 28.0. The Morgan fingerprint density at radius 1 is 1.04 bits per heavy atom. The third-order valence-electron chi connectivity index (χ3n) is 3.62. The average Bonchev–Trinajstić information content (AvgIpc) is 2.98. The van der Waals surface area contributed by atoms with Crippen LogP contribution in [-0.2, 0) is 4.79 Å². The van der Waals surface area contributed by atoms with Crippen molar-refractivity contribution in [2.75, 3.05) is 27.7 Å². The van der Waals surface area contributed by atoms with Gasteiger partial charge in [-0.2, -0.15) is 0 Å². The molecule has 2 rings (SSSR count). The molecule has 0 N–H and O–H groups in total. The second-order valence-electron chi connectivity index (χ2n) is 5.89. The number of hydrogen-bond donors (Lipinski definition) is 0. The first kappa shape index (κ1) is 18.1. The van der Waals surface area contributed by atoms with E-state index in [0.717, 1.165) is 16.0 Å². The zero-order valence-electron chi connectivity index (χ0n) is 14.6. The molecule has 2 aromatic rings. The first-order valence-corrected chi connectivity index (χ1v) is 8.40. The predicted octanol–water partition coefficient (Wildman–Crippen LogP) is 3.21. The van der Waals surface area contributed by atoms with Crippen molar-refractivity contribution in [2.45, 2.75) is 23.8 Å². The number of rotatable bonds is 5. The summed E-state index contributed by atoms with van der Waals surface area (Å²) in [5, 5.41) is 0.656. The maximum Gasteiger partial charge on any atom is 0.289 e. The summed E-state index contributed by atoms with van der Waals surface area (Å²) in [6.45, 7) is 4.11. The highest BCUT2D eigenvalue weighted by atomic mass is 32.2.